The van der Waals surface area contributed by atoms with Crippen LogP contribution >= 0.6 is 0 Å². The second-order valence-corrected chi connectivity index (χ2v) is 4.43. The van der Waals surface area contributed by atoms with E-state index < -0.39 is 0 Å². The smallest absolute Gasteiger partial charge is 0.0329 e. The van der Waals surface area contributed by atoms with Gasteiger partial charge in [-0.15, -0.1) is 6.58 Å². The molecule has 1 fully saturated rings. The summed E-state index contributed by atoms with van der Waals surface area (Å²) in [7, 11) is 0. The zero-order valence-corrected chi connectivity index (χ0v) is 9.15. The Morgan fingerprint density at radius 2 is 2.00 bits per heavy atom. The van der Waals surface area contributed by atoms with Crippen molar-refractivity contribution in [2.45, 2.75) is 37.6 Å². The van der Waals surface area contributed by atoms with E-state index in [4.69, 9.17) is 5.73 Å². The summed E-state index contributed by atoms with van der Waals surface area (Å²) in [6.07, 6.45) is 6.84. The highest BCUT2D eigenvalue weighted by atomic mass is 14.6. The average Bonchev–Trinajstić information content (AvgIpc) is 2.16. The van der Waals surface area contributed by atoms with Gasteiger partial charge >= 0.3 is 0 Å². The summed E-state index contributed by atoms with van der Waals surface area (Å²) >= 11 is 0. The zero-order chi connectivity index (χ0) is 10.7. The Labute approximate surface area is 92.0 Å². The van der Waals surface area contributed by atoms with Crippen LogP contribution in [-0.2, 0) is 0 Å². The van der Waals surface area contributed by atoms with Crippen molar-refractivity contribution in [2.24, 2.45) is 5.73 Å². The van der Waals surface area contributed by atoms with Crippen molar-refractivity contribution in [1.82, 2.24) is 0 Å². The Balaban J connectivity index is 2.05. The van der Waals surface area contributed by atoms with Crippen molar-refractivity contribution in [3.63, 3.8) is 0 Å². The first kappa shape index (κ1) is 10.4. The van der Waals surface area contributed by atoms with Crippen molar-refractivity contribution < 1.29 is 0 Å². The van der Waals surface area contributed by atoms with Gasteiger partial charge in [-0.05, 0) is 36.3 Å². The molecule has 0 saturated heterocycles. The molecule has 15 heavy (non-hydrogen) atoms. The van der Waals surface area contributed by atoms with Gasteiger partial charge in [-0.2, -0.15) is 0 Å². The summed E-state index contributed by atoms with van der Waals surface area (Å²) in [5, 5.41) is 0. The molecule has 1 nitrogen and oxygen atoms in total. The third-order valence-corrected chi connectivity index (χ3v) is 3.36. The fourth-order valence-electron chi connectivity index (χ4n) is 2.07. The van der Waals surface area contributed by atoms with Crippen molar-refractivity contribution in [1.29, 1.82) is 0 Å². The van der Waals surface area contributed by atoms with Crippen molar-refractivity contribution >= 4 is 0 Å². The molecule has 2 N–H and O–H groups in total. The summed E-state index contributed by atoms with van der Waals surface area (Å²) < 4.78 is 0. The van der Waals surface area contributed by atoms with Gasteiger partial charge in [-0.3, -0.25) is 0 Å². The predicted octanol–water partition coefficient (Wildman–Crippen LogP) is 3.53. The van der Waals surface area contributed by atoms with Gasteiger partial charge in [0, 0.05) is 6.04 Å². The van der Waals surface area contributed by atoms with E-state index in [0.717, 1.165) is 12.3 Å². The van der Waals surface area contributed by atoms with E-state index in [0.29, 0.717) is 0 Å². The first-order valence-corrected chi connectivity index (χ1v) is 5.77. The van der Waals surface area contributed by atoms with Crippen molar-refractivity contribution in [2.75, 3.05) is 0 Å². The lowest BCUT2D eigenvalue weighted by Gasteiger charge is -2.26. The van der Waals surface area contributed by atoms with Gasteiger partial charge in [-0.25, -0.2) is 0 Å². The normalized spacial score (nSPS) is 18.2. The minimum Gasteiger partial charge on any atom is -0.324 e. The average molecular weight is 201 g/mol. The van der Waals surface area contributed by atoms with Crippen molar-refractivity contribution in [3.05, 3.63) is 48.0 Å². The molecule has 0 heterocycles. The Hall–Kier alpha value is -1.08. The number of rotatable bonds is 4. The lowest BCUT2D eigenvalue weighted by atomic mass is 9.80. The SMILES string of the molecule is C=CCC(N)c1ccc(C2CCC2)cc1. The molecule has 0 aliphatic heterocycles. The molecular weight excluding hydrogens is 182 g/mol. The van der Waals surface area contributed by atoms with Gasteiger partial charge in [0.1, 0.15) is 0 Å². The molecule has 1 unspecified atom stereocenters. The highest BCUT2D eigenvalue weighted by molar-refractivity contribution is 5.28. The molecule has 0 aromatic heterocycles. The van der Waals surface area contributed by atoms with Gasteiger partial charge in [0.05, 0.1) is 0 Å². The molecule has 80 valence electrons. The van der Waals surface area contributed by atoms with E-state index in [1.807, 2.05) is 6.08 Å². The van der Waals surface area contributed by atoms with Crippen LogP contribution in [0.25, 0.3) is 0 Å². The van der Waals surface area contributed by atoms with Crippen LogP contribution in [0.2, 0.25) is 0 Å². The Kier molecular flexibility index (Phi) is 3.22. The van der Waals surface area contributed by atoms with Crippen LogP contribution in [0.5, 0.6) is 0 Å². The summed E-state index contributed by atoms with van der Waals surface area (Å²) in [4.78, 5) is 0. The largest absolute Gasteiger partial charge is 0.324 e. The van der Waals surface area contributed by atoms with Gasteiger partial charge in [-0.1, -0.05) is 36.8 Å². The third kappa shape index (κ3) is 2.29. The molecule has 0 bridgehead atoms. The maximum absolute atomic E-state index is 6.01. The highest BCUT2D eigenvalue weighted by Gasteiger charge is 2.19. The maximum atomic E-state index is 6.01. The standard InChI is InChI=1S/C14H19N/c1-2-4-14(15)13-9-7-12(8-10-13)11-5-3-6-11/h2,7-11,14H,1,3-6,15H2. The predicted molar refractivity (Wildman–Crippen MR) is 64.8 cm³/mol. The number of benzene rings is 1. The quantitative estimate of drug-likeness (QED) is 0.741. The second kappa shape index (κ2) is 4.63. The minimum absolute atomic E-state index is 0.109. The van der Waals surface area contributed by atoms with E-state index in [1.54, 1.807) is 0 Å². The van der Waals surface area contributed by atoms with E-state index in [-0.39, 0.29) is 6.04 Å². The van der Waals surface area contributed by atoms with Crippen LogP contribution in [0.1, 0.15) is 48.8 Å². The van der Waals surface area contributed by atoms with Crippen LogP contribution in [0.15, 0.2) is 36.9 Å². The van der Waals surface area contributed by atoms with E-state index >= 15 is 0 Å². The molecule has 2 rings (SSSR count). The molecule has 1 aliphatic carbocycles. The summed E-state index contributed by atoms with van der Waals surface area (Å²) in [5.41, 5.74) is 8.71. The summed E-state index contributed by atoms with van der Waals surface area (Å²) in [6, 6.07) is 8.92. The molecule has 0 radical (unpaired) electrons. The molecule has 1 saturated carbocycles. The molecule has 1 aromatic rings. The lowest BCUT2D eigenvalue weighted by molar-refractivity contribution is 0.419. The van der Waals surface area contributed by atoms with E-state index in [1.165, 1.54) is 30.4 Å². The van der Waals surface area contributed by atoms with Crippen LogP contribution in [0.4, 0.5) is 0 Å². The van der Waals surface area contributed by atoms with E-state index in [2.05, 4.69) is 30.8 Å². The maximum Gasteiger partial charge on any atom is 0.0329 e. The minimum atomic E-state index is 0.109. The number of hydrogen-bond donors (Lipinski definition) is 1. The third-order valence-electron chi connectivity index (χ3n) is 3.36. The van der Waals surface area contributed by atoms with Gasteiger partial charge in [0.15, 0.2) is 0 Å². The summed E-state index contributed by atoms with van der Waals surface area (Å²) in [6.45, 7) is 3.71. The Morgan fingerprint density at radius 3 is 2.47 bits per heavy atom. The fraction of sp³-hybridized carbons (Fsp3) is 0.429. The molecular formula is C14H19N. The van der Waals surface area contributed by atoms with Crippen LogP contribution in [0.3, 0.4) is 0 Å². The zero-order valence-electron chi connectivity index (χ0n) is 9.15. The molecule has 1 heteroatoms. The Morgan fingerprint density at radius 1 is 1.33 bits per heavy atom. The Bertz CT molecular complexity index is 322. The second-order valence-electron chi connectivity index (χ2n) is 4.43. The topological polar surface area (TPSA) is 26.0 Å². The molecule has 1 aliphatic rings. The van der Waals surface area contributed by atoms with Crippen LogP contribution in [-0.4, -0.2) is 0 Å². The first-order valence-electron chi connectivity index (χ1n) is 5.77. The van der Waals surface area contributed by atoms with E-state index in [9.17, 15) is 0 Å². The van der Waals surface area contributed by atoms with Crippen LogP contribution in [0, 0.1) is 0 Å². The fourth-order valence-corrected chi connectivity index (χ4v) is 2.07. The monoisotopic (exact) mass is 201 g/mol. The van der Waals surface area contributed by atoms with Gasteiger partial charge in [0.2, 0.25) is 0 Å². The first-order chi connectivity index (χ1) is 7.31. The molecule has 0 spiro atoms. The van der Waals surface area contributed by atoms with Gasteiger partial charge in [0.25, 0.3) is 0 Å². The number of hydrogen-bond acceptors (Lipinski definition) is 1. The molecule has 1 aromatic carbocycles. The van der Waals surface area contributed by atoms with Gasteiger partial charge < -0.3 is 5.73 Å². The highest BCUT2D eigenvalue weighted by Crippen LogP contribution is 2.36. The lowest BCUT2D eigenvalue weighted by Crippen LogP contribution is -2.11. The number of nitrogens with two attached hydrogens (primary N) is 1. The van der Waals surface area contributed by atoms with Crippen molar-refractivity contribution in [3.8, 4) is 0 Å². The molecule has 1 atom stereocenters. The molecule has 0 amide bonds. The van der Waals surface area contributed by atoms with Crippen LogP contribution < -0.4 is 5.73 Å². The summed E-state index contributed by atoms with van der Waals surface area (Å²) in [5.74, 6) is 0.815.